The number of aliphatic hydroxyl groups is 3. The van der Waals surface area contributed by atoms with Gasteiger partial charge in [-0.15, -0.1) is 0 Å². The molecule has 5 atom stereocenters. The highest BCUT2D eigenvalue weighted by Gasteiger charge is 2.42. The van der Waals surface area contributed by atoms with Crippen molar-refractivity contribution in [2.75, 3.05) is 13.2 Å². The highest BCUT2D eigenvalue weighted by atomic mass is 16.7. The minimum Gasteiger partial charge on any atom is -0.394 e. The summed E-state index contributed by atoms with van der Waals surface area (Å²) in [7, 11) is 0. The molecule has 84 valence electrons. The summed E-state index contributed by atoms with van der Waals surface area (Å²) in [6, 6.07) is -0.863. The molecular weight excluding hydrogens is 190 g/mol. The first-order valence-corrected chi connectivity index (χ1v) is 4.61. The van der Waals surface area contributed by atoms with Crippen LogP contribution in [0.2, 0.25) is 0 Å². The Bertz CT molecular complexity index is 175. The lowest BCUT2D eigenvalue weighted by Gasteiger charge is -2.40. The molecule has 0 aromatic rings. The Morgan fingerprint density at radius 1 is 1.36 bits per heavy atom. The van der Waals surface area contributed by atoms with Gasteiger partial charge in [-0.2, -0.15) is 0 Å². The van der Waals surface area contributed by atoms with Gasteiger partial charge in [0, 0.05) is 6.61 Å². The normalized spacial score (nSPS) is 43.9. The van der Waals surface area contributed by atoms with Gasteiger partial charge in [0.1, 0.15) is 18.3 Å². The summed E-state index contributed by atoms with van der Waals surface area (Å²) >= 11 is 0. The smallest absolute Gasteiger partial charge is 0.185 e. The first-order valence-electron chi connectivity index (χ1n) is 4.61. The molecule has 1 rings (SSSR count). The first kappa shape index (κ1) is 11.8. The largest absolute Gasteiger partial charge is 0.394 e. The fourth-order valence-corrected chi connectivity index (χ4v) is 1.42. The van der Waals surface area contributed by atoms with Crippen molar-refractivity contribution in [2.45, 2.75) is 37.6 Å². The molecule has 1 fully saturated rings. The van der Waals surface area contributed by atoms with Gasteiger partial charge in [-0.05, 0) is 6.92 Å². The van der Waals surface area contributed by atoms with Crippen LogP contribution in [0, 0.1) is 0 Å². The second-order valence-corrected chi connectivity index (χ2v) is 3.24. The lowest BCUT2D eigenvalue weighted by Crippen LogP contribution is -2.62. The minimum atomic E-state index is -1.08. The molecule has 5 unspecified atom stereocenters. The molecule has 0 spiro atoms. The first-order chi connectivity index (χ1) is 6.61. The third kappa shape index (κ3) is 2.22. The number of nitrogens with two attached hydrogens (primary N) is 1. The fourth-order valence-electron chi connectivity index (χ4n) is 1.42. The lowest BCUT2D eigenvalue weighted by molar-refractivity contribution is -0.274. The van der Waals surface area contributed by atoms with E-state index in [4.69, 9.17) is 20.3 Å². The quantitative estimate of drug-likeness (QED) is 0.418. The van der Waals surface area contributed by atoms with Crippen molar-refractivity contribution < 1.29 is 24.8 Å². The second-order valence-electron chi connectivity index (χ2n) is 3.24. The van der Waals surface area contributed by atoms with Gasteiger partial charge in [-0.25, -0.2) is 0 Å². The molecule has 0 bridgehead atoms. The molecule has 1 saturated heterocycles. The van der Waals surface area contributed by atoms with E-state index in [2.05, 4.69) is 0 Å². The van der Waals surface area contributed by atoms with Crippen LogP contribution in [0.25, 0.3) is 0 Å². The van der Waals surface area contributed by atoms with Crippen LogP contribution in [0.4, 0.5) is 0 Å². The second kappa shape index (κ2) is 5.01. The van der Waals surface area contributed by atoms with E-state index in [0.717, 1.165) is 0 Å². The summed E-state index contributed by atoms with van der Waals surface area (Å²) in [4.78, 5) is 0. The van der Waals surface area contributed by atoms with Gasteiger partial charge in [0.05, 0.1) is 12.6 Å². The average molecular weight is 207 g/mol. The van der Waals surface area contributed by atoms with Crippen LogP contribution in [0.5, 0.6) is 0 Å². The minimum absolute atomic E-state index is 0.356. The molecule has 1 aliphatic rings. The molecule has 0 radical (unpaired) electrons. The molecule has 5 N–H and O–H groups in total. The summed E-state index contributed by atoms with van der Waals surface area (Å²) in [5, 5.41) is 27.9. The zero-order valence-electron chi connectivity index (χ0n) is 8.04. The molecule has 14 heavy (non-hydrogen) atoms. The molecule has 0 saturated carbocycles. The standard InChI is InChI=1S/C8H17NO5/c1-2-13-8-7(12)5(9)6(11)4(3-10)14-8/h4-8,10-12H,2-3,9H2,1H3. The molecule has 6 nitrogen and oxygen atoms in total. The Kier molecular flexibility index (Phi) is 4.24. The molecular formula is C8H17NO5. The fraction of sp³-hybridized carbons (Fsp3) is 1.00. The van der Waals surface area contributed by atoms with Gasteiger partial charge in [0.25, 0.3) is 0 Å². The average Bonchev–Trinajstić information content (AvgIpc) is 2.19. The molecule has 0 aliphatic carbocycles. The molecule has 0 amide bonds. The van der Waals surface area contributed by atoms with Crippen LogP contribution in [0.3, 0.4) is 0 Å². The van der Waals surface area contributed by atoms with Crippen LogP contribution < -0.4 is 5.73 Å². The number of ether oxygens (including phenoxy) is 2. The van der Waals surface area contributed by atoms with E-state index in [1.807, 2.05) is 0 Å². The van der Waals surface area contributed by atoms with E-state index >= 15 is 0 Å². The van der Waals surface area contributed by atoms with Gasteiger partial charge in [0.2, 0.25) is 0 Å². The predicted octanol–water partition coefficient (Wildman–Crippen LogP) is -2.21. The topological polar surface area (TPSA) is 105 Å². The Labute approximate surface area is 82.2 Å². The van der Waals surface area contributed by atoms with Crippen LogP contribution in [0.1, 0.15) is 6.92 Å². The maximum atomic E-state index is 9.54. The van der Waals surface area contributed by atoms with E-state index in [1.54, 1.807) is 6.92 Å². The van der Waals surface area contributed by atoms with Crippen molar-refractivity contribution in [1.29, 1.82) is 0 Å². The van der Waals surface area contributed by atoms with E-state index in [1.165, 1.54) is 0 Å². The molecule has 1 heterocycles. The SMILES string of the molecule is CCOC1OC(CO)C(O)C(N)C1O. The summed E-state index contributed by atoms with van der Waals surface area (Å²) in [6.07, 6.45) is -3.83. The Morgan fingerprint density at radius 2 is 2.00 bits per heavy atom. The van der Waals surface area contributed by atoms with Gasteiger partial charge >= 0.3 is 0 Å². The van der Waals surface area contributed by atoms with Crippen LogP contribution >= 0.6 is 0 Å². The van der Waals surface area contributed by atoms with Crippen molar-refractivity contribution in [2.24, 2.45) is 5.73 Å². The van der Waals surface area contributed by atoms with Crippen molar-refractivity contribution in [1.82, 2.24) is 0 Å². The van der Waals surface area contributed by atoms with E-state index < -0.39 is 30.6 Å². The maximum absolute atomic E-state index is 9.54. The highest BCUT2D eigenvalue weighted by molar-refractivity contribution is 4.91. The number of rotatable bonds is 3. The van der Waals surface area contributed by atoms with Gasteiger partial charge in [-0.1, -0.05) is 0 Å². The summed E-state index contributed by atoms with van der Waals surface area (Å²) < 4.78 is 10.2. The van der Waals surface area contributed by atoms with E-state index in [9.17, 15) is 10.2 Å². The number of hydrogen-bond acceptors (Lipinski definition) is 6. The van der Waals surface area contributed by atoms with Crippen LogP contribution in [-0.4, -0.2) is 59.2 Å². The Balaban J connectivity index is 2.63. The molecule has 6 heteroatoms. The zero-order chi connectivity index (χ0) is 10.7. The van der Waals surface area contributed by atoms with Crippen molar-refractivity contribution in [3.05, 3.63) is 0 Å². The number of hydrogen-bond donors (Lipinski definition) is 4. The highest BCUT2D eigenvalue weighted by Crippen LogP contribution is 2.20. The van der Waals surface area contributed by atoms with Crippen LogP contribution in [-0.2, 0) is 9.47 Å². The zero-order valence-corrected chi connectivity index (χ0v) is 8.04. The summed E-state index contributed by atoms with van der Waals surface area (Å²) in [5.41, 5.74) is 5.54. The summed E-state index contributed by atoms with van der Waals surface area (Å²) in [5.74, 6) is 0. The molecule has 0 aromatic heterocycles. The summed E-state index contributed by atoms with van der Waals surface area (Å²) in [6.45, 7) is 1.76. The molecule has 0 aromatic carbocycles. The van der Waals surface area contributed by atoms with Crippen molar-refractivity contribution in [3.63, 3.8) is 0 Å². The third-order valence-corrected chi connectivity index (χ3v) is 2.27. The molecule has 1 aliphatic heterocycles. The third-order valence-electron chi connectivity index (χ3n) is 2.27. The Hall–Kier alpha value is -0.240. The monoisotopic (exact) mass is 207 g/mol. The predicted molar refractivity (Wildman–Crippen MR) is 47.4 cm³/mol. The Morgan fingerprint density at radius 3 is 2.50 bits per heavy atom. The number of aliphatic hydroxyl groups excluding tert-OH is 3. The van der Waals surface area contributed by atoms with E-state index in [0.29, 0.717) is 6.61 Å². The van der Waals surface area contributed by atoms with Gasteiger partial charge in [-0.3, -0.25) is 0 Å². The van der Waals surface area contributed by atoms with Crippen molar-refractivity contribution in [3.8, 4) is 0 Å². The maximum Gasteiger partial charge on any atom is 0.185 e. The van der Waals surface area contributed by atoms with Gasteiger partial charge < -0.3 is 30.5 Å². The lowest BCUT2D eigenvalue weighted by atomic mass is 9.97. The van der Waals surface area contributed by atoms with Crippen LogP contribution in [0.15, 0.2) is 0 Å². The van der Waals surface area contributed by atoms with Gasteiger partial charge in [0.15, 0.2) is 6.29 Å². The van der Waals surface area contributed by atoms with E-state index in [-0.39, 0.29) is 6.61 Å². The van der Waals surface area contributed by atoms with Crippen molar-refractivity contribution >= 4 is 0 Å².